The third-order valence-electron chi connectivity index (χ3n) is 5.13. The molecule has 0 bridgehead atoms. The first-order valence-electron chi connectivity index (χ1n) is 9.54. The molecule has 2 unspecified atom stereocenters. The number of amides is 3. The molecular formula is C17H24N8O5. The second kappa shape index (κ2) is 7.66. The van der Waals surface area contributed by atoms with E-state index in [0.717, 1.165) is 12.8 Å². The number of carbonyl (C=O) groups is 2. The number of aliphatic hydroxyl groups is 2. The Morgan fingerprint density at radius 2 is 2.07 bits per heavy atom. The molecule has 0 aromatic carbocycles. The first-order valence-corrected chi connectivity index (χ1v) is 9.54. The molecule has 1 aliphatic heterocycles. The highest BCUT2D eigenvalue weighted by Gasteiger charge is 2.48. The van der Waals surface area contributed by atoms with Gasteiger partial charge in [-0.1, -0.05) is 0 Å². The van der Waals surface area contributed by atoms with Crippen molar-refractivity contribution >= 4 is 28.9 Å². The number of aromatic nitrogens is 4. The summed E-state index contributed by atoms with van der Waals surface area (Å²) < 4.78 is 7.08. The van der Waals surface area contributed by atoms with Gasteiger partial charge in [-0.2, -0.15) is 0 Å². The summed E-state index contributed by atoms with van der Waals surface area (Å²) in [6.07, 6.45) is -1.99. The van der Waals surface area contributed by atoms with Gasteiger partial charge in [-0.3, -0.25) is 9.36 Å². The van der Waals surface area contributed by atoms with Gasteiger partial charge in [0, 0.05) is 20.1 Å². The number of imidazole rings is 1. The van der Waals surface area contributed by atoms with Crippen LogP contribution in [0.5, 0.6) is 0 Å². The minimum absolute atomic E-state index is 0.0775. The van der Waals surface area contributed by atoms with Gasteiger partial charge in [0.1, 0.15) is 17.7 Å². The molecule has 1 saturated carbocycles. The summed E-state index contributed by atoms with van der Waals surface area (Å²) in [6.45, 7) is 0.0775. The van der Waals surface area contributed by atoms with Gasteiger partial charge in [-0.15, -0.1) is 0 Å². The number of nitrogens with two attached hydrogens (primary N) is 1. The summed E-state index contributed by atoms with van der Waals surface area (Å²) in [5.74, 6) is -0.128. The second-order valence-corrected chi connectivity index (χ2v) is 7.47. The van der Waals surface area contributed by atoms with E-state index in [1.54, 1.807) is 7.05 Å². The molecule has 0 spiro atoms. The molecule has 2 aromatic heterocycles. The number of hydrogen-bond donors (Lipinski definition) is 5. The number of fused-ring (bicyclic) bond motifs is 1. The van der Waals surface area contributed by atoms with Crippen LogP contribution in [0.25, 0.3) is 11.2 Å². The molecule has 1 aliphatic carbocycles. The van der Waals surface area contributed by atoms with Gasteiger partial charge in [0.15, 0.2) is 29.6 Å². The Bertz CT molecular complexity index is 976. The molecule has 3 amide bonds. The number of carbonyl (C=O) groups excluding carboxylic acids is 2. The summed E-state index contributed by atoms with van der Waals surface area (Å²) in [5, 5.41) is 26.1. The van der Waals surface area contributed by atoms with Crippen molar-refractivity contribution < 1.29 is 24.5 Å². The smallest absolute Gasteiger partial charge is 0.317 e. The minimum Gasteiger partial charge on any atom is -0.387 e. The Hall–Kier alpha value is -3.03. The lowest BCUT2D eigenvalue weighted by molar-refractivity contribution is -0.137. The van der Waals surface area contributed by atoms with Crippen molar-refractivity contribution in [2.24, 2.45) is 0 Å². The van der Waals surface area contributed by atoms with Gasteiger partial charge in [-0.05, 0) is 12.8 Å². The fourth-order valence-corrected chi connectivity index (χ4v) is 3.33. The highest BCUT2D eigenvalue weighted by molar-refractivity contribution is 5.83. The van der Waals surface area contributed by atoms with Gasteiger partial charge < -0.3 is 36.2 Å². The van der Waals surface area contributed by atoms with E-state index < -0.39 is 30.4 Å². The topological polar surface area (TPSA) is 181 Å². The average Bonchev–Trinajstić information content (AvgIpc) is 3.35. The van der Waals surface area contributed by atoms with E-state index in [1.807, 2.05) is 0 Å². The Kier molecular flexibility index (Phi) is 5.17. The first kappa shape index (κ1) is 20.3. The average molecular weight is 420 g/mol. The van der Waals surface area contributed by atoms with Crippen molar-refractivity contribution in [2.45, 2.75) is 50.0 Å². The van der Waals surface area contributed by atoms with Crippen molar-refractivity contribution in [2.75, 3.05) is 19.8 Å². The van der Waals surface area contributed by atoms with E-state index in [-0.39, 0.29) is 41.4 Å². The molecule has 6 N–H and O–H groups in total. The van der Waals surface area contributed by atoms with Crippen LogP contribution >= 0.6 is 0 Å². The van der Waals surface area contributed by atoms with Crippen molar-refractivity contribution in [3.63, 3.8) is 0 Å². The molecule has 4 atom stereocenters. The molecule has 162 valence electrons. The molecule has 2 fully saturated rings. The molecule has 2 aromatic rings. The van der Waals surface area contributed by atoms with Gasteiger partial charge in [0.2, 0.25) is 0 Å². The van der Waals surface area contributed by atoms with Gasteiger partial charge >= 0.3 is 6.03 Å². The van der Waals surface area contributed by atoms with E-state index in [2.05, 4.69) is 25.6 Å². The number of nitrogens with zero attached hydrogens (tertiary/aromatic N) is 5. The lowest BCUT2D eigenvalue weighted by atomic mass is 10.1. The molecule has 2 aliphatic rings. The van der Waals surface area contributed by atoms with Crippen LogP contribution < -0.4 is 16.4 Å². The van der Waals surface area contributed by atoms with Crippen molar-refractivity contribution in [3.05, 3.63) is 12.2 Å². The molecule has 13 heteroatoms. The van der Waals surface area contributed by atoms with Crippen LogP contribution in [0.4, 0.5) is 10.6 Å². The monoisotopic (exact) mass is 420 g/mol. The molecule has 1 saturated heterocycles. The van der Waals surface area contributed by atoms with Gasteiger partial charge in [-0.25, -0.2) is 19.7 Å². The molecular weight excluding hydrogens is 396 g/mol. The van der Waals surface area contributed by atoms with E-state index in [0.29, 0.717) is 0 Å². The Morgan fingerprint density at radius 3 is 2.73 bits per heavy atom. The fraction of sp³-hybridized carbons (Fsp3) is 0.588. The number of aliphatic hydroxyl groups excluding tert-OH is 2. The highest BCUT2D eigenvalue weighted by Crippen LogP contribution is 2.33. The first-order chi connectivity index (χ1) is 14.3. The molecule has 3 heterocycles. The number of ether oxygens (including phenoxy) is 1. The van der Waals surface area contributed by atoms with Crippen LogP contribution in [-0.2, 0) is 16.1 Å². The van der Waals surface area contributed by atoms with E-state index in [1.165, 1.54) is 22.8 Å². The maximum atomic E-state index is 12.3. The maximum absolute atomic E-state index is 12.3. The number of nitrogen functional groups attached to an aromatic ring is 1. The SMILES string of the molecule is CNC(=O)N(C)Cc1nc(N)c2ncn([C@@H]3O[C@H](C(=O)NC4CC4)C(O)C3O)c2n1. The molecule has 0 radical (unpaired) electrons. The predicted molar refractivity (Wildman–Crippen MR) is 103 cm³/mol. The van der Waals surface area contributed by atoms with Crippen molar-refractivity contribution in [1.82, 2.24) is 35.1 Å². The van der Waals surface area contributed by atoms with Crippen LogP contribution in [0.3, 0.4) is 0 Å². The maximum Gasteiger partial charge on any atom is 0.317 e. The summed E-state index contributed by atoms with van der Waals surface area (Å²) >= 11 is 0. The predicted octanol–water partition coefficient (Wildman–Crippen LogP) is -1.92. The largest absolute Gasteiger partial charge is 0.387 e. The summed E-state index contributed by atoms with van der Waals surface area (Å²) in [7, 11) is 3.08. The van der Waals surface area contributed by atoms with E-state index in [9.17, 15) is 19.8 Å². The van der Waals surface area contributed by atoms with E-state index >= 15 is 0 Å². The fourth-order valence-electron chi connectivity index (χ4n) is 3.33. The van der Waals surface area contributed by atoms with Gasteiger partial charge in [0.05, 0.1) is 12.9 Å². The number of rotatable bonds is 5. The minimum atomic E-state index is -1.41. The third kappa shape index (κ3) is 3.62. The molecule has 13 nitrogen and oxygen atoms in total. The van der Waals surface area contributed by atoms with Crippen molar-refractivity contribution in [3.8, 4) is 0 Å². The third-order valence-corrected chi connectivity index (χ3v) is 5.13. The Balaban J connectivity index is 1.62. The quantitative estimate of drug-likeness (QED) is 0.368. The standard InChI is InChI=1S/C17H24N8O5/c1-19-17(29)24(2)5-8-22-13(18)9-14(23-8)25(6-20-9)16-11(27)10(26)12(30-16)15(28)21-7-3-4-7/h6-7,10-12,16,26-27H,3-5H2,1-2H3,(H,19,29)(H,21,28)(H2,18,22,23)/t10?,11?,12-,16+/m0/s1. The molecule has 30 heavy (non-hydrogen) atoms. The van der Waals surface area contributed by atoms with Crippen LogP contribution in [0.15, 0.2) is 6.33 Å². The Morgan fingerprint density at radius 1 is 1.33 bits per heavy atom. The number of hydrogen-bond acceptors (Lipinski definition) is 9. The zero-order valence-electron chi connectivity index (χ0n) is 16.5. The summed E-state index contributed by atoms with van der Waals surface area (Å²) in [4.78, 5) is 38.2. The Labute approximate surface area is 171 Å². The molecule has 4 rings (SSSR count). The number of anilines is 1. The van der Waals surface area contributed by atoms with Crippen LogP contribution in [-0.4, -0.2) is 85.0 Å². The summed E-state index contributed by atoms with van der Waals surface area (Å²) in [5.41, 5.74) is 6.52. The lowest BCUT2D eigenvalue weighted by Crippen LogP contribution is -2.43. The normalized spacial score (nSPS) is 26.0. The van der Waals surface area contributed by atoms with Crippen molar-refractivity contribution in [1.29, 1.82) is 0 Å². The number of nitrogens with one attached hydrogen (secondary N) is 2. The van der Waals surface area contributed by atoms with Gasteiger partial charge in [0.25, 0.3) is 5.91 Å². The zero-order chi connectivity index (χ0) is 21.6. The highest BCUT2D eigenvalue weighted by atomic mass is 16.6. The van der Waals surface area contributed by atoms with Crippen LogP contribution in [0.2, 0.25) is 0 Å². The number of urea groups is 1. The van der Waals surface area contributed by atoms with E-state index in [4.69, 9.17) is 10.5 Å². The summed E-state index contributed by atoms with van der Waals surface area (Å²) in [6, 6.07) is -0.237. The zero-order valence-corrected chi connectivity index (χ0v) is 16.5. The van der Waals surface area contributed by atoms with Crippen LogP contribution in [0, 0.1) is 0 Å². The second-order valence-electron chi connectivity index (χ2n) is 7.47. The lowest BCUT2D eigenvalue weighted by Gasteiger charge is -2.18. The van der Waals surface area contributed by atoms with Crippen LogP contribution in [0.1, 0.15) is 24.9 Å².